The van der Waals surface area contributed by atoms with E-state index in [0.717, 1.165) is 19.5 Å². The monoisotopic (exact) mass is 222 g/mol. The van der Waals surface area contributed by atoms with Crippen LogP contribution in [0.3, 0.4) is 0 Å². The van der Waals surface area contributed by atoms with Crippen molar-refractivity contribution < 1.29 is 9.53 Å². The Kier molecular flexibility index (Phi) is 5.36. The molecule has 4 heteroatoms. The first kappa shape index (κ1) is 12.5. The lowest BCUT2D eigenvalue weighted by atomic mass is 10.2. The molecule has 0 heterocycles. The number of nitrogens with two attached hydrogens (primary N) is 1. The van der Waals surface area contributed by atoms with Crippen molar-refractivity contribution in [1.29, 1.82) is 0 Å². The summed E-state index contributed by atoms with van der Waals surface area (Å²) in [5, 5.41) is 0. The maximum absolute atomic E-state index is 10.3. The second-order valence-electron chi connectivity index (χ2n) is 3.74. The van der Waals surface area contributed by atoms with E-state index in [9.17, 15) is 4.79 Å². The molecule has 2 N–H and O–H groups in total. The average Bonchev–Trinajstić information content (AvgIpc) is 2.25. The van der Waals surface area contributed by atoms with Crippen LogP contribution in [0.1, 0.15) is 12.0 Å². The summed E-state index contributed by atoms with van der Waals surface area (Å²) < 4.78 is 4.65. The molecule has 4 nitrogen and oxygen atoms in total. The quantitative estimate of drug-likeness (QED) is 0.744. The van der Waals surface area contributed by atoms with E-state index in [0.29, 0.717) is 6.61 Å². The van der Waals surface area contributed by atoms with Crippen LogP contribution in [0, 0.1) is 0 Å². The molecule has 0 aliphatic rings. The van der Waals surface area contributed by atoms with E-state index in [1.807, 2.05) is 25.2 Å². The Bertz CT molecular complexity index is 314. The Labute approximate surface area is 96.0 Å². The molecule has 0 aliphatic heterocycles. The number of nitrogens with zero attached hydrogens (tertiary/aromatic N) is 1. The minimum Gasteiger partial charge on any atom is -0.450 e. The van der Waals surface area contributed by atoms with E-state index in [2.05, 4.69) is 21.8 Å². The second-order valence-corrected chi connectivity index (χ2v) is 3.74. The molecule has 0 unspecified atom stereocenters. The van der Waals surface area contributed by atoms with Gasteiger partial charge in [0, 0.05) is 13.1 Å². The zero-order chi connectivity index (χ0) is 11.8. The fourth-order valence-corrected chi connectivity index (χ4v) is 1.48. The van der Waals surface area contributed by atoms with Gasteiger partial charge in [0.25, 0.3) is 0 Å². The molecule has 0 spiro atoms. The number of carbonyl (C=O) groups is 1. The highest BCUT2D eigenvalue weighted by Crippen LogP contribution is 2.02. The van der Waals surface area contributed by atoms with Crippen LogP contribution in [0.5, 0.6) is 0 Å². The average molecular weight is 222 g/mol. The summed E-state index contributed by atoms with van der Waals surface area (Å²) in [4.78, 5) is 12.5. The van der Waals surface area contributed by atoms with Gasteiger partial charge in [0.2, 0.25) is 0 Å². The Morgan fingerprint density at radius 1 is 1.38 bits per heavy atom. The molecule has 0 saturated heterocycles. The highest BCUT2D eigenvalue weighted by molar-refractivity contribution is 5.64. The second kappa shape index (κ2) is 6.85. The number of hydrogen-bond donors (Lipinski definition) is 1. The van der Waals surface area contributed by atoms with Gasteiger partial charge < -0.3 is 15.4 Å². The molecule has 0 radical (unpaired) electrons. The first-order valence-corrected chi connectivity index (χ1v) is 5.33. The number of rotatable bonds is 6. The summed E-state index contributed by atoms with van der Waals surface area (Å²) in [6, 6.07) is 10.2. The van der Waals surface area contributed by atoms with Gasteiger partial charge in [-0.15, -0.1) is 0 Å². The summed E-state index contributed by atoms with van der Waals surface area (Å²) >= 11 is 0. The lowest BCUT2D eigenvalue weighted by molar-refractivity contribution is 0.149. The van der Waals surface area contributed by atoms with Gasteiger partial charge in [-0.1, -0.05) is 30.3 Å². The highest BCUT2D eigenvalue weighted by Gasteiger charge is 2.00. The maximum Gasteiger partial charge on any atom is 0.404 e. The molecule has 1 aromatic carbocycles. The smallest absolute Gasteiger partial charge is 0.404 e. The van der Waals surface area contributed by atoms with Crippen molar-refractivity contribution in [2.75, 3.05) is 20.2 Å². The van der Waals surface area contributed by atoms with Gasteiger partial charge in [0.1, 0.15) is 0 Å². The van der Waals surface area contributed by atoms with Crippen LogP contribution in [-0.4, -0.2) is 31.2 Å². The van der Waals surface area contributed by atoms with Crippen LogP contribution in [0.4, 0.5) is 4.79 Å². The Morgan fingerprint density at radius 2 is 2.06 bits per heavy atom. The van der Waals surface area contributed by atoms with E-state index in [1.165, 1.54) is 5.56 Å². The zero-order valence-electron chi connectivity index (χ0n) is 9.56. The van der Waals surface area contributed by atoms with Crippen molar-refractivity contribution in [3.05, 3.63) is 35.9 Å². The van der Waals surface area contributed by atoms with Crippen LogP contribution < -0.4 is 5.73 Å². The molecule has 16 heavy (non-hydrogen) atoms. The molecule has 88 valence electrons. The number of benzene rings is 1. The largest absolute Gasteiger partial charge is 0.450 e. The molecule has 0 bridgehead atoms. The van der Waals surface area contributed by atoms with Crippen molar-refractivity contribution in [3.8, 4) is 0 Å². The first-order chi connectivity index (χ1) is 7.68. The summed E-state index contributed by atoms with van der Waals surface area (Å²) in [5.41, 5.74) is 6.14. The van der Waals surface area contributed by atoms with Crippen molar-refractivity contribution >= 4 is 6.09 Å². The molecule has 1 amide bonds. The Balaban J connectivity index is 2.16. The fraction of sp³-hybridized carbons (Fsp3) is 0.417. The number of hydrogen-bond acceptors (Lipinski definition) is 3. The summed E-state index contributed by atoms with van der Waals surface area (Å²) in [6.07, 6.45) is 0.0948. The normalized spacial score (nSPS) is 10.4. The van der Waals surface area contributed by atoms with Crippen LogP contribution >= 0.6 is 0 Å². The zero-order valence-corrected chi connectivity index (χ0v) is 9.56. The fourth-order valence-electron chi connectivity index (χ4n) is 1.48. The van der Waals surface area contributed by atoms with E-state index >= 15 is 0 Å². The van der Waals surface area contributed by atoms with Gasteiger partial charge in [-0.3, -0.25) is 0 Å². The van der Waals surface area contributed by atoms with Gasteiger partial charge in [-0.05, 0) is 19.0 Å². The third-order valence-electron chi connectivity index (χ3n) is 2.22. The number of carbonyl (C=O) groups excluding carboxylic acids is 1. The summed E-state index contributed by atoms with van der Waals surface area (Å²) in [7, 11) is 2.04. The van der Waals surface area contributed by atoms with Gasteiger partial charge in [0.05, 0.1) is 6.61 Å². The third kappa shape index (κ3) is 5.36. The minimum absolute atomic E-state index is 0.383. The summed E-state index contributed by atoms with van der Waals surface area (Å²) in [5.74, 6) is 0. The SMILES string of the molecule is CN(CCCOC(N)=O)Cc1ccccc1. The molecular weight excluding hydrogens is 204 g/mol. The first-order valence-electron chi connectivity index (χ1n) is 5.33. The molecule has 0 aliphatic carbocycles. The van der Waals surface area contributed by atoms with Crippen LogP contribution in [0.2, 0.25) is 0 Å². The lowest BCUT2D eigenvalue weighted by Gasteiger charge is -2.16. The molecule has 1 aromatic rings. The Hall–Kier alpha value is -1.55. The predicted molar refractivity (Wildman–Crippen MR) is 62.9 cm³/mol. The molecule has 0 atom stereocenters. The molecule has 0 aromatic heterocycles. The van der Waals surface area contributed by atoms with Gasteiger partial charge in [-0.2, -0.15) is 0 Å². The molecule has 0 fully saturated rings. The van der Waals surface area contributed by atoms with Crippen molar-refractivity contribution in [1.82, 2.24) is 4.90 Å². The van der Waals surface area contributed by atoms with Crippen LogP contribution in [0.15, 0.2) is 30.3 Å². The van der Waals surface area contributed by atoms with E-state index in [4.69, 9.17) is 5.73 Å². The lowest BCUT2D eigenvalue weighted by Crippen LogP contribution is -2.21. The molecule has 1 rings (SSSR count). The predicted octanol–water partition coefficient (Wildman–Crippen LogP) is 1.60. The minimum atomic E-state index is -0.703. The van der Waals surface area contributed by atoms with E-state index < -0.39 is 6.09 Å². The molecular formula is C12H18N2O2. The number of ether oxygens (including phenoxy) is 1. The van der Waals surface area contributed by atoms with Crippen LogP contribution in [0.25, 0.3) is 0 Å². The topological polar surface area (TPSA) is 55.6 Å². The number of amides is 1. The van der Waals surface area contributed by atoms with Crippen molar-refractivity contribution in [2.24, 2.45) is 5.73 Å². The number of primary amides is 1. The summed E-state index contributed by atoms with van der Waals surface area (Å²) in [6.45, 7) is 2.16. The maximum atomic E-state index is 10.3. The van der Waals surface area contributed by atoms with Crippen molar-refractivity contribution in [2.45, 2.75) is 13.0 Å². The Morgan fingerprint density at radius 3 is 2.69 bits per heavy atom. The standard InChI is InChI=1S/C12H18N2O2/c1-14(8-5-9-16-12(13)15)10-11-6-3-2-4-7-11/h2-4,6-7H,5,8-10H2,1H3,(H2,13,15). The van der Waals surface area contributed by atoms with Crippen LogP contribution in [-0.2, 0) is 11.3 Å². The van der Waals surface area contributed by atoms with Gasteiger partial charge in [0.15, 0.2) is 0 Å². The van der Waals surface area contributed by atoms with Gasteiger partial charge >= 0.3 is 6.09 Å². The van der Waals surface area contributed by atoms with E-state index in [-0.39, 0.29) is 0 Å². The van der Waals surface area contributed by atoms with Gasteiger partial charge in [-0.25, -0.2) is 4.79 Å². The molecule has 0 saturated carbocycles. The highest BCUT2D eigenvalue weighted by atomic mass is 16.5. The third-order valence-corrected chi connectivity index (χ3v) is 2.22. The van der Waals surface area contributed by atoms with Crippen molar-refractivity contribution in [3.63, 3.8) is 0 Å². The van der Waals surface area contributed by atoms with E-state index in [1.54, 1.807) is 0 Å².